The molecule has 0 spiro atoms. The van der Waals surface area contributed by atoms with Crippen LogP contribution >= 0.6 is 0 Å². The molecule has 0 aliphatic heterocycles. The number of esters is 1. The zero-order valence-corrected chi connectivity index (χ0v) is 18.4. The molecule has 0 atom stereocenters. The molecule has 0 saturated carbocycles. The Morgan fingerprint density at radius 3 is 2.34 bits per heavy atom. The summed E-state index contributed by atoms with van der Waals surface area (Å²) in [7, 11) is 2.42. The lowest BCUT2D eigenvalue weighted by atomic mass is 10.1. The highest BCUT2D eigenvalue weighted by Crippen LogP contribution is 2.37. The topological polar surface area (TPSA) is 100 Å². The third kappa shape index (κ3) is 5.00. The van der Waals surface area contributed by atoms with E-state index in [2.05, 4.69) is 20.1 Å². The number of nitrogens with one attached hydrogen (secondary N) is 1. The molecular formula is C23H18F3N5O4. The molecule has 0 aliphatic rings. The Labute approximate surface area is 196 Å². The number of nitrogens with zero attached hydrogens (tertiary/aromatic N) is 4. The van der Waals surface area contributed by atoms with Crippen molar-refractivity contribution in [3.8, 4) is 17.1 Å². The largest absolute Gasteiger partial charge is 0.496 e. The Morgan fingerprint density at radius 2 is 1.69 bits per heavy atom. The van der Waals surface area contributed by atoms with Crippen molar-refractivity contribution in [1.82, 2.24) is 19.3 Å². The van der Waals surface area contributed by atoms with Gasteiger partial charge < -0.3 is 19.4 Å². The number of amides is 1. The molecule has 0 fully saturated rings. The molecule has 1 amide bonds. The van der Waals surface area contributed by atoms with E-state index < -0.39 is 23.6 Å². The lowest BCUT2D eigenvalue weighted by Gasteiger charge is -2.13. The quantitative estimate of drug-likeness (QED) is 0.413. The fourth-order valence-corrected chi connectivity index (χ4v) is 3.23. The van der Waals surface area contributed by atoms with Gasteiger partial charge in [-0.15, -0.1) is 0 Å². The summed E-state index contributed by atoms with van der Waals surface area (Å²) in [6.45, 7) is 0. The average molecular weight is 485 g/mol. The average Bonchev–Trinajstić information content (AvgIpc) is 3.54. The summed E-state index contributed by atoms with van der Waals surface area (Å²) >= 11 is 0. The summed E-state index contributed by atoms with van der Waals surface area (Å²) in [5.74, 6) is -1.42. The summed E-state index contributed by atoms with van der Waals surface area (Å²) in [4.78, 5) is 28.1. The second-order valence-corrected chi connectivity index (χ2v) is 7.19. The number of carbonyl (C=O) groups is 2. The summed E-state index contributed by atoms with van der Waals surface area (Å²) in [5, 5.41) is 6.76. The SMILES string of the molecule is COC(=O)c1cn(-c2ccc(NC(=O)c3ccn(-c4ccc(OC)c(C(F)(F)F)c4)n3)cc2)cn1. The Kier molecular flexibility index (Phi) is 6.28. The maximum atomic E-state index is 13.3. The van der Waals surface area contributed by atoms with Gasteiger partial charge in [-0.3, -0.25) is 4.79 Å². The van der Waals surface area contributed by atoms with E-state index in [1.807, 2.05) is 0 Å². The van der Waals surface area contributed by atoms with Gasteiger partial charge in [0, 0.05) is 23.8 Å². The van der Waals surface area contributed by atoms with E-state index in [0.717, 1.165) is 13.2 Å². The van der Waals surface area contributed by atoms with Crippen LogP contribution in [0.1, 0.15) is 26.5 Å². The second-order valence-electron chi connectivity index (χ2n) is 7.19. The minimum absolute atomic E-state index is 0.00998. The zero-order valence-electron chi connectivity index (χ0n) is 18.4. The molecule has 2 heterocycles. The van der Waals surface area contributed by atoms with E-state index >= 15 is 0 Å². The van der Waals surface area contributed by atoms with Crippen molar-refractivity contribution in [2.45, 2.75) is 6.18 Å². The molecule has 12 heteroatoms. The Hall–Kier alpha value is -4.61. The first kappa shape index (κ1) is 23.5. The number of hydrogen-bond acceptors (Lipinski definition) is 6. The number of alkyl halides is 3. The number of aromatic nitrogens is 4. The van der Waals surface area contributed by atoms with Crippen LogP contribution < -0.4 is 10.1 Å². The van der Waals surface area contributed by atoms with E-state index in [1.54, 1.807) is 28.8 Å². The molecule has 4 aromatic rings. The summed E-state index contributed by atoms with van der Waals surface area (Å²) < 4.78 is 52.1. The van der Waals surface area contributed by atoms with Crippen molar-refractivity contribution in [1.29, 1.82) is 0 Å². The lowest BCUT2D eigenvalue weighted by Crippen LogP contribution is -2.13. The van der Waals surface area contributed by atoms with Gasteiger partial charge in [0.15, 0.2) is 11.4 Å². The minimum Gasteiger partial charge on any atom is -0.496 e. The first-order valence-electron chi connectivity index (χ1n) is 10.0. The number of carbonyl (C=O) groups excluding carboxylic acids is 2. The van der Waals surface area contributed by atoms with Gasteiger partial charge in [-0.05, 0) is 48.5 Å². The summed E-state index contributed by atoms with van der Waals surface area (Å²) in [5.41, 5.74) is 0.486. The number of benzene rings is 2. The van der Waals surface area contributed by atoms with Crippen LogP contribution in [-0.2, 0) is 10.9 Å². The molecular weight excluding hydrogens is 467 g/mol. The van der Waals surface area contributed by atoms with Crippen LogP contribution in [0.2, 0.25) is 0 Å². The van der Waals surface area contributed by atoms with E-state index in [4.69, 9.17) is 4.74 Å². The third-order valence-corrected chi connectivity index (χ3v) is 4.98. The molecule has 0 radical (unpaired) electrons. The number of hydrogen-bond donors (Lipinski definition) is 1. The predicted octanol–water partition coefficient (Wildman–Crippen LogP) is 4.12. The number of imidazole rings is 1. The predicted molar refractivity (Wildman–Crippen MR) is 118 cm³/mol. The van der Waals surface area contributed by atoms with Crippen LogP contribution in [-0.4, -0.2) is 45.4 Å². The molecule has 4 rings (SSSR count). The minimum atomic E-state index is -4.61. The Morgan fingerprint density at radius 1 is 0.971 bits per heavy atom. The van der Waals surface area contributed by atoms with Crippen LogP contribution in [0.3, 0.4) is 0 Å². The number of halogens is 3. The van der Waals surface area contributed by atoms with E-state index in [9.17, 15) is 22.8 Å². The molecule has 9 nitrogen and oxygen atoms in total. The number of anilines is 1. The molecule has 2 aromatic carbocycles. The third-order valence-electron chi connectivity index (χ3n) is 4.98. The molecule has 0 unspecified atom stereocenters. The smallest absolute Gasteiger partial charge is 0.420 e. The molecule has 2 aromatic heterocycles. The second kappa shape index (κ2) is 9.33. The van der Waals surface area contributed by atoms with Crippen molar-refractivity contribution in [2.24, 2.45) is 0 Å². The maximum Gasteiger partial charge on any atom is 0.420 e. The van der Waals surface area contributed by atoms with E-state index in [0.29, 0.717) is 11.4 Å². The van der Waals surface area contributed by atoms with Crippen LogP contribution in [0.25, 0.3) is 11.4 Å². The monoisotopic (exact) mass is 485 g/mol. The van der Waals surface area contributed by atoms with Crippen molar-refractivity contribution in [3.05, 3.63) is 84.2 Å². The molecule has 180 valence electrons. The highest BCUT2D eigenvalue weighted by Gasteiger charge is 2.34. The normalized spacial score (nSPS) is 11.2. The van der Waals surface area contributed by atoms with Crippen LogP contribution in [0.5, 0.6) is 5.75 Å². The van der Waals surface area contributed by atoms with E-state index in [-0.39, 0.29) is 22.8 Å². The fourth-order valence-electron chi connectivity index (χ4n) is 3.23. The van der Waals surface area contributed by atoms with Crippen molar-refractivity contribution in [3.63, 3.8) is 0 Å². The van der Waals surface area contributed by atoms with Gasteiger partial charge in [-0.1, -0.05) is 0 Å². The Balaban J connectivity index is 1.48. The molecule has 0 saturated heterocycles. The van der Waals surface area contributed by atoms with Gasteiger partial charge in [0.2, 0.25) is 0 Å². The summed E-state index contributed by atoms with van der Waals surface area (Å²) in [6, 6.07) is 11.6. The van der Waals surface area contributed by atoms with Crippen molar-refractivity contribution < 1.29 is 32.2 Å². The van der Waals surface area contributed by atoms with Crippen molar-refractivity contribution >= 4 is 17.6 Å². The Bertz CT molecular complexity index is 1380. The van der Waals surface area contributed by atoms with Gasteiger partial charge >= 0.3 is 12.1 Å². The summed E-state index contributed by atoms with van der Waals surface area (Å²) in [6.07, 6.45) is -0.262. The van der Waals surface area contributed by atoms with Gasteiger partial charge in [-0.2, -0.15) is 18.3 Å². The maximum absolute atomic E-state index is 13.3. The molecule has 35 heavy (non-hydrogen) atoms. The number of methoxy groups -OCH3 is 2. The van der Waals surface area contributed by atoms with Gasteiger partial charge in [0.1, 0.15) is 12.1 Å². The molecule has 0 aliphatic carbocycles. The van der Waals surface area contributed by atoms with Gasteiger partial charge in [0.25, 0.3) is 5.91 Å². The first-order valence-corrected chi connectivity index (χ1v) is 10.0. The standard InChI is InChI=1S/C23H18F3N5O4/c1-34-20-8-7-16(11-17(20)23(24,25)26)31-10-9-18(29-31)21(32)28-14-3-5-15(6-4-14)30-12-19(27-13-30)22(33)35-2/h3-13H,1-2H3,(H,28,32). The van der Waals surface area contributed by atoms with Gasteiger partial charge in [0.05, 0.1) is 25.5 Å². The number of rotatable bonds is 6. The van der Waals surface area contributed by atoms with Crippen LogP contribution in [0.4, 0.5) is 18.9 Å². The fraction of sp³-hybridized carbons (Fsp3) is 0.130. The number of ether oxygens (including phenoxy) is 2. The van der Waals surface area contributed by atoms with E-state index in [1.165, 1.54) is 48.7 Å². The van der Waals surface area contributed by atoms with Crippen LogP contribution in [0.15, 0.2) is 67.3 Å². The van der Waals surface area contributed by atoms with Crippen LogP contribution in [0, 0.1) is 0 Å². The van der Waals surface area contributed by atoms with Gasteiger partial charge in [-0.25, -0.2) is 14.5 Å². The van der Waals surface area contributed by atoms with Crippen molar-refractivity contribution in [2.75, 3.05) is 19.5 Å². The lowest BCUT2D eigenvalue weighted by molar-refractivity contribution is -0.138. The highest BCUT2D eigenvalue weighted by atomic mass is 19.4. The highest BCUT2D eigenvalue weighted by molar-refractivity contribution is 6.02. The molecule has 1 N–H and O–H groups in total. The first-order chi connectivity index (χ1) is 16.7. The molecule has 0 bridgehead atoms. The zero-order chi connectivity index (χ0) is 25.2.